The fourth-order valence-corrected chi connectivity index (χ4v) is 3.76. The SMILES string of the molecule is CCNC(=NCCS(=O)(=O)C(C)(C)C)NCCc1c[nH]c2c(C)cccc12. The smallest absolute Gasteiger partial charge is 0.191 e. The maximum absolute atomic E-state index is 12.2. The van der Waals surface area contributed by atoms with E-state index in [2.05, 4.69) is 51.9 Å². The number of para-hydroxylation sites is 1. The molecule has 1 aromatic heterocycles. The predicted molar refractivity (Wildman–Crippen MR) is 114 cm³/mol. The summed E-state index contributed by atoms with van der Waals surface area (Å²) < 4.78 is 23.7. The van der Waals surface area contributed by atoms with E-state index in [-0.39, 0.29) is 12.3 Å². The van der Waals surface area contributed by atoms with Gasteiger partial charge in [-0.2, -0.15) is 0 Å². The lowest BCUT2D eigenvalue weighted by atomic mass is 10.1. The van der Waals surface area contributed by atoms with Gasteiger partial charge in [-0.1, -0.05) is 18.2 Å². The van der Waals surface area contributed by atoms with Crippen molar-refractivity contribution in [2.24, 2.45) is 4.99 Å². The summed E-state index contributed by atoms with van der Waals surface area (Å²) in [6, 6.07) is 6.30. The van der Waals surface area contributed by atoms with Crippen LogP contribution in [-0.4, -0.2) is 49.5 Å². The molecule has 1 heterocycles. The van der Waals surface area contributed by atoms with Crippen LogP contribution in [0.15, 0.2) is 29.4 Å². The zero-order valence-corrected chi connectivity index (χ0v) is 17.8. The molecule has 2 aromatic rings. The van der Waals surface area contributed by atoms with Crippen LogP contribution in [0.25, 0.3) is 10.9 Å². The van der Waals surface area contributed by atoms with Gasteiger partial charge < -0.3 is 15.6 Å². The summed E-state index contributed by atoms with van der Waals surface area (Å²) in [5.74, 6) is 0.701. The molecule has 2 rings (SSSR count). The van der Waals surface area contributed by atoms with Crippen LogP contribution < -0.4 is 10.6 Å². The Hall–Kier alpha value is -2.02. The maximum atomic E-state index is 12.2. The highest BCUT2D eigenvalue weighted by Gasteiger charge is 2.28. The Bertz CT molecular complexity index is 892. The fraction of sp³-hybridized carbons (Fsp3) is 0.550. The molecular formula is C20H32N4O2S. The topological polar surface area (TPSA) is 86.3 Å². The molecule has 27 heavy (non-hydrogen) atoms. The predicted octanol–water partition coefficient (Wildman–Crippen LogP) is 2.79. The lowest BCUT2D eigenvalue weighted by Crippen LogP contribution is -2.39. The standard InChI is InChI=1S/C20H32N4O2S/c1-6-21-19(23-12-13-27(25,26)20(3,4)5)22-11-10-16-14-24-18-15(2)8-7-9-17(16)18/h7-9,14,24H,6,10-13H2,1-5H3,(H2,21,22,23). The van der Waals surface area contributed by atoms with E-state index in [1.165, 1.54) is 22.0 Å². The number of benzene rings is 1. The van der Waals surface area contributed by atoms with E-state index in [0.717, 1.165) is 19.5 Å². The first-order valence-corrected chi connectivity index (χ1v) is 11.1. The zero-order chi connectivity index (χ0) is 20.1. The van der Waals surface area contributed by atoms with Gasteiger partial charge in [0.05, 0.1) is 17.0 Å². The van der Waals surface area contributed by atoms with Crippen molar-refractivity contribution in [2.45, 2.75) is 45.8 Å². The van der Waals surface area contributed by atoms with Crippen molar-refractivity contribution in [2.75, 3.05) is 25.4 Å². The second-order valence-electron chi connectivity index (χ2n) is 7.68. The molecule has 6 nitrogen and oxygen atoms in total. The van der Waals surface area contributed by atoms with Crippen LogP contribution in [-0.2, 0) is 16.3 Å². The van der Waals surface area contributed by atoms with Crippen molar-refractivity contribution in [1.82, 2.24) is 15.6 Å². The third kappa shape index (κ3) is 5.48. The van der Waals surface area contributed by atoms with Crippen molar-refractivity contribution < 1.29 is 8.42 Å². The molecule has 0 atom stereocenters. The number of aliphatic imine (C=N–C) groups is 1. The Balaban J connectivity index is 1.95. The summed E-state index contributed by atoms with van der Waals surface area (Å²) >= 11 is 0. The molecule has 3 N–H and O–H groups in total. The molecule has 0 saturated carbocycles. The third-order valence-electron chi connectivity index (χ3n) is 4.60. The van der Waals surface area contributed by atoms with Crippen molar-refractivity contribution in [3.05, 3.63) is 35.5 Å². The fourth-order valence-electron chi connectivity index (χ4n) is 2.81. The van der Waals surface area contributed by atoms with Crippen LogP contribution in [0.3, 0.4) is 0 Å². The first-order chi connectivity index (χ1) is 12.7. The van der Waals surface area contributed by atoms with Gasteiger partial charge in [0.2, 0.25) is 0 Å². The number of nitrogens with zero attached hydrogens (tertiary/aromatic N) is 1. The number of fused-ring (bicyclic) bond motifs is 1. The van der Waals surface area contributed by atoms with Crippen LogP contribution in [0.4, 0.5) is 0 Å². The van der Waals surface area contributed by atoms with Crippen LogP contribution in [0.1, 0.15) is 38.8 Å². The van der Waals surface area contributed by atoms with Crippen LogP contribution in [0, 0.1) is 6.92 Å². The van der Waals surface area contributed by atoms with E-state index in [1.807, 2.05) is 6.92 Å². The van der Waals surface area contributed by atoms with Crippen molar-refractivity contribution in [1.29, 1.82) is 0 Å². The summed E-state index contributed by atoms with van der Waals surface area (Å²) in [6.45, 7) is 11.0. The second-order valence-corrected chi connectivity index (χ2v) is 10.5. The molecule has 0 unspecified atom stereocenters. The van der Waals surface area contributed by atoms with Gasteiger partial charge in [-0.05, 0) is 52.2 Å². The second kappa shape index (κ2) is 8.78. The molecule has 0 saturated heterocycles. The van der Waals surface area contributed by atoms with Crippen molar-refractivity contribution in [3.8, 4) is 0 Å². The molecule has 1 aromatic carbocycles. The first-order valence-electron chi connectivity index (χ1n) is 9.46. The molecule has 7 heteroatoms. The normalized spacial score (nSPS) is 13.1. The van der Waals surface area contributed by atoms with E-state index in [9.17, 15) is 8.42 Å². The maximum Gasteiger partial charge on any atom is 0.191 e. The van der Waals surface area contributed by atoms with Crippen LogP contribution in [0.2, 0.25) is 0 Å². The van der Waals surface area contributed by atoms with Crippen molar-refractivity contribution >= 4 is 26.7 Å². The number of H-pyrrole nitrogens is 1. The summed E-state index contributed by atoms with van der Waals surface area (Å²) in [7, 11) is -3.16. The molecule has 0 spiro atoms. The number of aromatic nitrogens is 1. The summed E-state index contributed by atoms with van der Waals surface area (Å²) in [4.78, 5) is 7.76. The zero-order valence-electron chi connectivity index (χ0n) is 17.0. The number of rotatable bonds is 7. The van der Waals surface area contributed by atoms with Gasteiger partial charge in [-0.3, -0.25) is 4.99 Å². The average Bonchev–Trinajstić information content (AvgIpc) is 2.98. The summed E-state index contributed by atoms with van der Waals surface area (Å²) in [5, 5.41) is 7.71. The minimum absolute atomic E-state index is 0.0504. The molecule has 0 radical (unpaired) electrons. The van der Waals surface area contributed by atoms with Gasteiger partial charge in [-0.25, -0.2) is 8.42 Å². The number of hydrogen-bond donors (Lipinski definition) is 3. The van der Waals surface area contributed by atoms with E-state index in [1.54, 1.807) is 20.8 Å². The third-order valence-corrected chi connectivity index (χ3v) is 7.19. The molecule has 0 amide bonds. The molecule has 0 bridgehead atoms. The summed E-state index contributed by atoms with van der Waals surface area (Å²) in [5.41, 5.74) is 3.68. The number of aromatic amines is 1. The lowest BCUT2D eigenvalue weighted by molar-refractivity contribution is 0.560. The largest absolute Gasteiger partial charge is 0.361 e. The highest BCUT2D eigenvalue weighted by atomic mass is 32.2. The first kappa shape index (κ1) is 21.3. The molecule has 0 aliphatic heterocycles. The van der Waals surface area contributed by atoms with Gasteiger partial charge in [0, 0.05) is 30.2 Å². The molecule has 0 aliphatic rings. The number of guanidine groups is 1. The highest BCUT2D eigenvalue weighted by Crippen LogP contribution is 2.21. The Morgan fingerprint density at radius 1 is 1.22 bits per heavy atom. The van der Waals surface area contributed by atoms with Gasteiger partial charge in [-0.15, -0.1) is 0 Å². The summed E-state index contributed by atoms with van der Waals surface area (Å²) in [6.07, 6.45) is 2.91. The minimum Gasteiger partial charge on any atom is -0.361 e. The molecule has 150 valence electrons. The average molecular weight is 393 g/mol. The molecule has 0 aliphatic carbocycles. The monoisotopic (exact) mass is 392 g/mol. The van der Waals surface area contributed by atoms with Gasteiger partial charge in [0.25, 0.3) is 0 Å². The molecular weight excluding hydrogens is 360 g/mol. The number of hydrogen-bond acceptors (Lipinski definition) is 3. The Kier molecular flexibility index (Phi) is 6.92. The Labute approximate surface area is 162 Å². The van der Waals surface area contributed by atoms with E-state index in [0.29, 0.717) is 5.96 Å². The van der Waals surface area contributed by atoms with Crippen molar-refractivity contribution in [3.63, 3.8) is 0 Å². The van der Waals surface area contributed by atoms with E-state index < -0.39 is 14.6 Å². The van der Waals surface area contributed by atoms with Crippen LogP contribution in [0.5, 0.6) is 0 Å². The molecule has 0 fully saturated rings. The Morgan fingerprint density at radius 2 is 1.96 bits per heavy atom. The van der Waals surface area contributed by atoms with E-state index in [4.69, 9.17) is 0 Å². The van der Waals surface area contributed by atoms with Crippen LogP contribution >= 0.6 is 0 Å². The number of aryl methyl sites for hydroxylation is 1. The lowest BCUT2D eigenvalue weighted by Gasteiger charge is -2.18. The van der Waals surface area contributed by atoms with Gasteiger partial charge in [0.15, 0.2) is 15.8 Å². The Morgan fingerprint density at radius 3 is 2.63 bits per heavy atom. The van der Waals surface area contributed by atoms with Gasteiger partial charge >= 0.3 is 0 Å². The highest BCUT2D eigenvalue weighted by molar-refractivity contribution is 7.92. The van der Waals surface area contributed by atoms with E-state index >= 15 is 0 Å². The number of sulfone groups is 1. The quantitative estimate of drug-likeness (QED) is 0.499. The minimum atomic E-state index is -3.16. The number of nitrogens with one attached hydrogen (secondary N) is 3. The van der Waals surface area contributed by atoms with Gasteiger partial charge in [0.1, 0.15) is 0 Å².